The first-order valence-corrected chi connectivity index (χ1v) is 18.1. The van der Waals surface area contributed by atoms with Crippen molar-refractivity contribution in [2.45, 2.75) is 45.6 Å². The van der Waals surface area contributed by atoms with Crippen LogP contribution in [0.3, 0.4) is 0 Å². The van der Waals surface area contributed by atoms with Crippen LogP contribution in [0.1, 0.15) is 44.3 Å². The van der Waals surface area contributed by atoms with Crippen molar-refractivity contribution in [1.82, 2.24) is 9.55 Å². The first kappa shape index (κ1) is 32.7. The quantitative estimate of drug-likeness (QED) is 0.0789. The Balaban J connectivity index is 1.65. The Morgan fingerprint density at radius 3 is 2.43 bits per heavy atom. The van der Waals surface area contributed by atoms with E-state index in [2.05, 4.69) is 24.6 Å². The molecular formula is C33H37FN2O7Si. The number of carbonyl (C=O) groups is 2. The van der Waals surface area contributed by atoms with Crippen molar-refractivity contribution >= 4 is 31.0 Å². The van der Waals surface area contributed by atoms with Gasteiger partial charge in [0.2, 0.25) is 0 Å². The molecule has 2 heterocycles. The minimum Gasteiger partial charge on any atom is -0.462 e. The molecule has 0 unspecified atom stereocenters. The molecule has 0 aliphatic carbocycles. The van der Waals surface area contributed by atoms with Gasteiger partial charge in [-0.1, -0.05) is 43.9 Å². The second kappa shape index (κ2) is 14.5. The molecule has 2 aromatic carbocycles. The number of aromatic nitrogens is 2. The maximum Gasteiger partial charge on any atom is 0.347 e. The summed E-state index contributed by atoms with van der Waals surface area (Å²) >= 11 is 0. The average molecular weight is 621 g/mol. The first-order valence-electron chi connectivity index (χ1n) is 14.4. The van der Waals surface area contributed by atoms with Gasteiger partial charge in [0.05, 0.1) is 24.3 Å². The third-order valence-corrected chi connectivity index (χ3v) is 8.62. The summed E-state index contributed by atoms with van der Waals surface area (Å²) in [5.74, 6) is -2.33. The summed E-state index contributed by atoms with van der Waals surface area (Å²) in [6, 6.07) is 15.4. The van der Waals surface area contributed by atoms with Crippen LogP contribution >= 0.6 is 0 Å². The number of aryl methyl sites for hydroxylation is 1. The van der Waals surface area contributed by atoms with Gasteiger partial charge in [0, 0.05) is 27.9 Å². The van der Waals surface area contributed by atoms with Crippen molar-refractivity contribution in [1.29, 1.82) is 0 Å². The molecule has 0 N–H and O–H groups in total. The van der Waals surface area contributed by atoms with Gasteiger partial charge in [-0.2, -0.15) is 0 Å². The minimum absolute atomic E-state index is 0.0206. The second-order valence-corrected chi connectivity index (χ2v) is 17.2. The van der Waals surface area contributed by atoms with E-state index in [1.165, 1.54) is 23.7 Å². The fourth-order valence-electron chi connectivity index (χ4n) is 4.49. The number of carbonyl (C=O) groups excluding carboxylic acids is 2. The van der Waals surface area contributed by atoms with Crippen LogP contribution in [0.2, 0.25) is 25.7 Å². The van der Waals surface area contributed by atoms with E-state index in [9.17, 15) is 18.8 Å². The third kappa shape index (κ3) is 8.25. The summed E-state index contributed by atoms with van der Waals surface area (Å²) < 4.78 is 37.5. The molecule has 44 heavy (non-hydrogen) atoms. The van der Waals surface area contributed by atoms with Crippen LogP contribution in [0.4, 0.5) is 4.39 Å². The number of halogens is 1. The smallest absolute Gasteiger partial charge is 0.347 e. The van der Waals surface area contributed by atoms with Crippen LogP contribution in [0.15, 0.2) is 65.6 Å². The molecular weight excluding hydrogens is 583 g/mol. The van der Waals surface area contributed by atoms with E-state index in [1.807, 2.05) is 0 Å². The van der Waals surface area contributed by atoms with Crippen LogP contribution in [0.5, 0.6) is 5.75 Å². The van der Waals surface area contributed by atoms with Gasteiger partial charge in [0.15, 0.2) is 11.3 Å². The lowest BCUT2D eigenvalue weighted by Gasteiger charge is -2.16. The molecule has 11 heteroatoms. The van der Waals surface area contributed by atoms with Crippen molar-refractivity contribution in [2.24, 2.45) is 7.05 Å². The molecule has 2 aromatic heterocycles. The van der Waals surface area contributed by atoms with Crippen LogP contribution in [-0.2, 0) is 34.3 Å². The monoisotopic (exact) mass is 620 g/mol. The molecule has 0 aliphatic heterocycles. The van der Waals surface area contributed by atoms with Crippen LogP contribution in [0, 0.1) is 5.82 Å². The molecule has 0 spiro atoms. The SMILES string of the molecule is CCOC(=O)c1c(OC(=O)c2ccccc2)c2ncc(Cc3ccc(F)cc3COCOCC[Si](C)(C)C)cc2n(C)c1=O. The summed E-state index contributed by atoms with van der Waals surface area (Å²) in [6.07, 6.45) is 1.92. The Hall–Kier alpha value is -4.19. The lowest BCUT2D eigenvalue weighted by atomic mass is 10.0. The number of hydrogen-bond donors (Lipinski definition) is 0. The van der Waals surface area contributed by atoms with E-state index >= 15 is 0 Å². The van der Waals surface area contributed by atoms with Gasteiger partial charge in [0.1, 0.15) is 18.1 Å². The highest BCUT2D eigenvalue weighted by atomic mass is 28.3. The fraction of sp³-hybridized carbons (Fsp3) is 0.333. The average Bonchev–Trinajstić information content (AvgIpc) is 2.98. The summed E-state index contributed by atoms with van der Waals surface area (Å²) in [5.41, 5.74) is 1.76. The van der Waals surface area contributed by atoms with Crippen LogP contribution < -0.4 is 10.3 Å². The number of pyridine rings is 2. The first-order chi connectivity index (χ1) is 21.0. The molecule has 4 aromatic rings. The lowest BCUT2D eigenvalue weighted by molar-refractivity contribution is -0.0575. The predicted molar refractivity (Wildman–Crippen MR) is 167 cm³/mol. The summed E-state index contributed by atoms with van der Waals surface area (Å²) in [7, 11) is 0.288. The van der Waals surface area contributed by atoms with Gasteiger partial charge in [-0.05, 0) is 66.4 Å². The molecule has 0 saturated carbocycles. The van der Waals surface area contributed by atoms with Gasteiger partial charge < -0.3 is 23.5 Å². The van der Waals surface area contributed by atoms with Crippen LogP contribution in [-0.4, -0.2) is 49.6 Å². The molecule has 0 fully saturated rings. The number of hydrogen-bond acceptors (Lipinski definition) is 8. The van der Waals surface area contributed by atoms with Crippen LogP contribution in [0.25, 0.3) is 11.0 Å². The maximum atomic E-state index is 14.2. The molecule has 0 saturated heterocycles. The fourth-order valence-corrected chi connectivity index (χ4v) is 5.25. The number of ether oxygens (including phenoxy) is 4. The summed E-state index contributed by atoms with van der Waals surface area (Å²) in [6.45, 7) is 9.32. The maximum absolute atomic E-state index is 14.2. The Morgan fingerprint density at radius 1 is 0.977 bits per heavy atom. The third-order valence-electron chi connectivity index (χ3n) is 6.91. The Bertz CT molecular complexity index is 1700. The van der Waals surface area contributed by atoms with E-state index in [-0.39, 0.29) is 42.7 Å². The largest absolute Gasteiger partial charge is 0.462 e. The van der Waals surface area contributed by atoms with E-state index in [0.29, 0.717) is 29.7 Å². The van der Waals surface area contributed by atoms with Crippen molar-refractivity contribution < 1.29 is 32.9 Å². The number of esters is 2. The predicted octanol–water partition coefficient (Wildman–Crippen LogP) is 5.89. The van der Waals surface area contributed by atoms with E-state index in [1.54, 1.807) is 55.6 Å². The van der Waals surface area contributed by atoms with Crippen molar-refractivity contribution in [2.75, 3.05) is 20.0 Å². The standard InChI is InChI=1S/C33H37FN2O7Si/c1-6-42-33(39)28-30(43-32(38)23-10-8-7-9-11-23)29-27(36(2)31(28)37)17-22(19-35-29)16-24-12-13-26(34)18-25(24)20-41-21-40-14-15-44(3,4)5/h7-13,17-19H,6,14-16,20-21H2,1-5H3. The highest BCUT2D eigenvalue weighted by Crippen LogP contribution is 2.29. The van der Waals surface area contributed by atoms with Crippen molar-refractivity contribution in [3.8, 4) is 5.75 Å². The number of benzene rings is 2. The molecule has 0 bridgehead atoms. The van der Waals surface area contributed by atoms with Gasteiger partial charge in [-0.25, -0.2) is 14.0 Å². The number of rotatable bonds is 13. The molecule has 4 rings (SSSR count). The minimum atomic E-state index is -1.21. The van der Waals surface area contributed by atoms with Gasteiger partial charge in [-0.15, -0.1) is 0 Å². The zero-order valence-electron chi connectivity index (χ0n) is 25.6. The van der Waals surface area contributed by atoms with E-state index < -0.39 is 31.1 Å². The zero-order chi connectivity index (χ0) is 31.9. The van der Waals surface area contributed by atoms with Gasteiger partial charge in [-0.3, -0.25) is 9.78 Å². The molecule has 0 amide bonds. The molecule has 9 nitrogen and oxygen atoms in total. The molecule has 0 radical (unpaired) electrons. The number of nitrogens with zero attached hydrogens (tertiary/aromatic N) is 2. The Labute approximate surface area is 256 Å². The Morgan fingerprint density at radius 2 is 1.73 bits per heavy atom. The molecule has 232 valence electrons. The highest BCUT2D eigenvalue weighted by Gasteiger charge is 2.27. The normalized spacial score (nSPS) is 11.5. The lowest BCUT2D eigenvalue weighted by Crippen LogP contribution is -2.28. The second-order valence-electron chi connectivity index (χ2n) is 11.5. The van der Waals surface area contributed by atoms with E-state index in [0.717, 1.165) is 11.6 Å². The topological polar surface area (TPSA) is 106 Å². The van der Waals surface area contributed by atoms with E-state index in [4.69, 9.17) is 18.9 Å². The summed E-state index contributed by atoms with van der Waals surface area (Å²) in [5, 5.41) is 0. The molecule has 0 atom stereocenters. The Kier molecular flexibility index (Phi) is 10.8. The number of fused-ring (bicyclic) bond motifs is 1. The zero-order valence-corrected chi connectivity index (χ0v) is 26.6. The summed E-state index contributed by atoms with van der Waals surface area (Å²) in [4.78, 5) is 43.8. The highest BCUT2D eigenvalue weighted by molar-refractivity contribution is 6.76. The van der Waals surface area contributed by atoms with Crippen molar-refractivity contribution in [3.63, 3.8) is 0 Å². The molecule has 0 aliphatic rings. The van der Waals surface area contributed by atoms with Gasteiger partial charge >= 0.3 is 11.9 Å². The van der Waals surface area contributed by atoms with Gasteiger partial charge in [0.25, 0.3) is 5.56 Å². The van der Waals surface area contributed by atoms with Crippen molar-refractivity contribution in [3.05, 3.63) is 105 Å².